The molecule has 0 fully saturated rings. The molecule has 0 radical (unpaired) electrons. The molecule has 0 aliphatic rings. The van der Waals surface area contributed by atoms with Crippen LogP contribution in [0, 0.1) is 5.82 Å². The lowest BCUT2D eigenvalue weighted by Crippen LogP contribution is -2.28. The lowest BCUT2D eigenvalue weighted by Gasteiger charge is -2.15. The molecule has 0 bridgehead atoms. The van der Waals surface area contributed by atoms with Crippen molar-refractivity contribution in [3.05, 3.63) is 34.6 Å². The normalized spacial score (nSPS) is 12.8. The van der Waals surface area contributed by atoms with Gasteiger partial charge in [-0.25, -0.2) is 4.39 Å². The van der Waals surface area contributed by atoms with Gasteiger partial charge >= 0.3 is 0 Å². The van der Waals surface area contributed by atoms with Crippen LogP contribution in [-0.2, 0) is 6.54 Å². The van der Waals surface area contributed by atoms with Crippen LogP contribution in [0.1, 0.15) is 25.3 Å². The van der Waals surface area contributed by atoms with Crippen LogP contribution in [0.5, 0.6) is 0 Å². The number of hydrogen-bond donors (Lipinski definition) is 2. The highest BCUT2D eigenvalue weighted by Gasteiger charge is 2.05. The minimum absolute atomic E-state index is 0.162. The van der Waals surface area contributed by atoms with Gasteiger partial charge in [-0.2, -0.15) is 0 Å². The van der Waals surface area contributed by atoms with Crippen molar-refractivity contribution in [3.63, 3.8) is 0 Å². The Labute approximate surface area is 100 Å². The summed E-state index contributed by atoms with van der Waals surface area (Å²) in [6.45, 7) is 2.78. The van der Waals surface area contributed by atoms with E-state index in [1.165, 1.54) is 12.1 Å². The number of halogens is 2. The largest absolute Gasteiger partial charge is 0.396 e. The maximum absolute atomic E-state index is 13.0. The van der Waals surface area contributed by atoms with E-state index in [2.05, 4.69) is 5.32 Å². The summed E-state index contributed by atoms with van der Waals surface area (Å²) in [5.74, 6) is -0.320. The number of hydrogen-bond acceptors (Lipinski definition) is 2. The molecule has 4 heteroatoms. The Kier molecular flexibility index (Phi) is 5.74. The Hall–Kier alpha value is -0.640. The third kappa shape index (κ3) is 4.47. The molecule has 0 aliphatic heterocycles. The zero-order valence-electron chi connectivity index (χ0n) is 9.34. The molecule has 0 aromatic heterocycles. The topological polar surface area (TPSA) is 32.3 Å². The van der Waals surface area contributed by atoms with E-state index in [1.807, 2.05) is 6.92 Å². The van der Waals surface area contributed by atoms with Gasteiger partial charge in [-0.3, -0.25) is 0 Å². The number of benzene rings is 1. The second-order valence-corrected chi connectivity index (χ2v) is 4.21. The number of aliphatic hydroxyl groups excluding tert-OH is 1. The predicted molar refractivity (Wildman–Crippen MR) is 64.0 cm³/mol. The van der Waals surface area contributed by atoms with Gasteiger partial charge in [0.2, 0.25) is 0 Å². The molecular weight excluding hydrogens is 229 g/mol. The monoisotopic (exact) mass is 245 g/mol. The third-order valence-corrected chi connectivity index (χ3v) is 2.71. The first-order valence-corrected chi connectivity index (χ1v) is 5.82. The molecule has 2 nitrogen and oxygen atoms in total. The fourth-order valence-electron chi connectivity index (χ4n) is 1.58. The van der Waals surface area contributed by atoms with Gasteiger partial charge in [0.25, 0.3) is 0 Å². The molecule has 90 valence electrons. The molecule has 0 saturated carbocycles. The van der Waals surface area contributed by atoms with Crippen LogP contribution < -0.4 is 5.32 Å². The van der Waals surface area contributed by atoms with Gasteiger partial charge in [0.15, 0.2) is 0 Å². The summed E-state index contributed by atoms with van der Waals surface area (Å²) in [6, 6.07) is 4.75. The maximum atomic E-state index is 13.0. The molecule has 1 atom stereocenters. The van der Waals surface area contributed by atoms with Gasteiger partial charge in [0, 0.05) is 24.2 Å². The van der Waals surface area contributed by atoms with Crippen LogP contribution >= 0.6 is 11.6 Å². The first kappa shape index (κ1) is 13.4. The maximum Gasteiger partial charge on any atom is 0.125 e. The van der Waals surface area contributed by atoms with Gasteiger partial charge < -0.3 is 10.4 Å². The van der Waals surface area contributed by atoms with Gasteiger partial charge in [0.1, 0.15) is 5.82 Å². The fourth-order valence-corrected chi connectivity index (χ4v) is 1.83. The Morgan fingerprint density at radius 1 is 1.44 bits per heavy atom. The van der Waals surface area contributed by atoms with Crippen molar-refractivity contribution in [1.29, 1.82) is 0 Å². The summed E-state index contributed by atoms with van der Waals surface area (Å²) >= 11 is 5.75. The highest BCUT2D eigenvalue weighted by atomic mass is 35.5. The molecule has 0 heterocycles. The average Bonchev–Trinajstić information content (AvgIpc) is 2.23. The number of aliphatic hydroxyl groups is 1. The van der Waals surface area contributed by atoms with Crippen LogP contribution in [0.25, 0.3) is 0 Å². The number of nitrogens with one attached hydrogen (secondary N) is 1. The molecule has 0 spiro atoms. The lowest BCUT2D eigenvalue weighted by atomic mass is 10.1. The van der Waals surface area contributed by atoms with E-state index in [0.29, 0.717) is 18.0 Å². The molecule has 1 unspecified atom stereocenters. The highest BCUT2D eigenvalue weighted by Crippen LogP contribution is 2.14. The Morgan fingerprint density at radius 2 is 2.19 bits per heavy atom. The van der Waals surface area contributed by atoms with Gasteiger partial charge in [-0.15, -0.1) is 0 Å². The summed E-state index contributed by atoms with van der Waals surface area (Å²) in [7, 11) is 0. The first-order chi connectivity index (χ1) is 7.65. The molecule has 0 saturated heterocycles. The van der Waals surface area contributed by atoms with Gasteiger partial charge in [-0.05, 0) is 36.6 Å². The lowest BCUT2D eigenvalue weighted by molar-refractivity contribution is 0.262. The van der Waals surface area contributed by atoms with Crippen molar-refractivity contribution < 1.29 is 9.50 Å². The summed E-state index contributed by atoms with van der Waals surface area (Å²) in [6.07, 6.45) is 1.64. The smallest absolute Gasteiger partial charge is 0.125 e. The van der Waals surface area contributed by atoms with E-state index in [0.717, 1.165) is 12.0 Å². The number of rotatable bonds is 6. The fraction of sp³-hybridized carbons (Fsp3) is 0.500. The van der Waals surface area contributed by atoms with E-state index < -0.39 is 0 Å². The van der Waals surface area contributed by atoms with Crippen molar-refractivity contribution in [2.24, 2.45) is 0 Å². The SMILES string of the molecule is CCC(CCO)NCc1cc(F)cc(Cl)c1. The molecule has 2 N–H and O–H groups in total. The summed E-state index contributed by atoms with van der Waals surface area (Å²) in [5.41, 5.74) is 0.821. The van der Waals surface area contributed by atoms with E-state index in [1.54, 1.807) is 6.07 Å². The minimum Gasteiger partial charge on any atom is -0.396 e. The quantitative estimate of drug-likeness (QED) is 0.808. The first-order valence-electron chi connectivity index (χ1n) is 5.45. The van der Waals surface area contributed by atoms with Crippen molar-refractivity contribution in [3.8, 4) is 0 Å². The second-order valence-electron chi connectivity index (χ2n) is 3.78. The standard InChI is InChI=1S/C12H17ClFNO/c1-2-12(3-4-16)15-8-9-5-10(13)7-11(14)6-9/h5-7,12,15-16H,2-4,8H2,1H3. The Morgan fingerprint density at radius 3 is 2.75 bits per heavy atom. The van der Waals surface area contributed by atoms with Crippen LogP contribution in [-0.4, -0.2) is 17.8 Å². The summed E-state index contributed by atoms with van der Waals surface area (Å²) in [5, 5.41) is 12.5. The van der Waals surface area contributed by atoms with Crippen LogP contribution in [0.4, 0.5) is 4.39 Å². The van der Waals surface area contributed by atoms with Crippen molar-refractivity contribution >= 4 is 11.6 Å². The van der Waals surface area contributed by atoms with E-state index in [9.17, 15) is 4.39 Å². The second kappa shape index (κ2) is 6.84. The zero-order valence-corrected chi connectivity index (χ0v) is 10.1. The highest BCUT2D eigenvalue weighted by molar-refractivity contribution is 6.30. The minimum atomic E-state index is -0.320. The summed E-state index contributed by atoms with van der Waals surface area (Å²) in [4.78, 5) is 0. The zero-order chi connectivity index (χ0) is 12.0. The molecule has 1 aromatic rings. The molecule has 0 aliphatic carbocycles. The molecular formula is C12H17ClFNO. The van der Waals surface area contributed by atoms with Crippen LogP contribution in [0.2, 0.25) is 5.02 Å². The van der Waals surface area contributed by atoms with Crippen molar-refractivity contribution in [2.45, 2.75) is 32.4 Å². The Balaban J connectivity index is 2.52. The predicted octanol–water partition coefficient (Wildman–Crippen LogP) is 2.73. The molecule has 16 heavy (non-hydrogen) atoms. The van der Waals surface area contributed by atoms with Gasteiger partial charge in [0.05, 0.1) is 0 Å². The van der Waals surface area contributed by atoms with Gasteiger partial charge in [-0.1, -0.05) is 18.5 Å². The molecule has 1 rings (SSSR count). The van der Waals surface area contributed by atoms with E-state index >= 15 is 0 Å². The van der Waals surface area contributed by atoms with Crippen LogP contribution in [0.15, 0.2) is 18.2 Å². The van der Waals surface area contributed by atoms with Crippen LogP contribution in [0.3, 0.4) is 0 Å². The van der Waals surface area contributed by atoms with Crippen molar-refractivity contribution in [2.75, 3.05) is 6.61 Å². The third-order valence-electron chi connectivity index (χ3n) is 2.49. The Bertz CT molecular complexity index is 313. The van der Waals surface area contributed by atoms with E-state index in [4.69, 9.17) is 16.7 Å². The summed E-state index contributed by atoms with van der Waals surface area (Å²) < 4.78 is 13.0. The average molecular weight is 246 g/mol. The molecule has 1 aromatic carbocycles. The van der Waals surface area contributed by atoms with E-state index in [-0.39, 0.29) is 18.5 Å². The molecule has 0 amide bonds. The van der Waals surface area contributed by atoms with Crippen molar-refractivity contribution in [1.82, 2.24) is 5.32 Å².